The molecule has 17 heavy (non-hydrogen) atoms. The number of hydrogen-bond acceptors (Lipinski definition) is 3. The molecule has 90 valence electrons. The molecule has 1 heterocycles. The lowest BCUT2D eigenvalue weighted by Gasteiger charge is -2.27. The van der Waals surface area contributed by atoms with Crippen molar-refractivity contribution >= 4 is 5.69 Å². The molecule has 0 saturated carbocycles. The molecule has 1 fully saturated rings. The molecule has 0 aliphatic carbocycles. The average Bonchev–Trinajstić information content (AvgIpc) is 2.35. The molecule has 1 aromatic carbocycles. The van der Waals surface area contributed by atoms with Crippen molar-refractivity contribution in [3.63, 3.8) is 0 Å². The number of benzene rings is 1. The molecule has 0 atom stereocenters. The van der Waals surface area contributed by atoms with Crippen molar-refractivity contribution in [1.82, 2.24) is 10.2 Å². The fourth-order valence-electron chi connectivity index (χ4n) is 2.17. The molecule has 0 radical (unpaired) electrons. The summed E-state index contributed by atoms with van der Waals surface area (Å²) in [7, 11) is 0. The second-order valence-electron chi connectivity index (χ2n) is 4.53. The molecular weight excluding hydrogens is 210 g/mol. The third-order valence-corrected chi connectivity index (χ3v) is 3.28. The molecule has 3 N–H and O–H groups in total. The standard InChI is InChI=1S/C14H19N3/c1-3-13-8-12(9-14(15)11(13)2)10-17-6-4-16-5-7-17/h1,8-9,16H,4-7,10,15H2,2H3. The minimum absolute atomic E-state index is 0.797. The van der Waals surface area contributed by atoms with Crippen LogP contribution in [0.25, 0.3) is 0 Å². The summed E-state index contributed by atoms with van der Waals surface area (Å²) < 4.78 is 0. The minimum Gasteiger partial charge on any atom is -0.398 e. The lowest BCUT2D eigenvalue weighted by molar-refractivity contribution is 0.233. The van der Waals surface area contributed by atoms with Gasteiger partial charge in [-0.25, -0.2) is 0 Å². The first-order valence-electron chi connectivity index (χ1n) is 5.99. The zero-order chi connectivity index (χ0) is 12.3. The summed E-state index contributed by atoms with van der Waals surface area (Å²) >= 11 is 0. The van der Waals surface area contributed by atoms with Gasteiger partial charge >= 0.3 is 0 Å². The van der Waals surface area contributed by atoms with Crippen LogP contribution in [-0.4, -0.2) is 31.1 Å². The fraction of sp³-hybridized carbons (Fsp3) is 0.429. The van der Waals surface area contributed by atoms with E-state index in [1.807, 2.05) is 13.0 Å². The van der Waals surface area contributed by atoms with Crippen LogP contribution >= 0.6 is 0 Å². The molecular formula is C14H19N3. The second-order valence-corrected chi connectivity index (χ2v) is 4.53. The third kappa shape index (κ3) is 2.79. The number of nitrogen functional groups attached to an aromatic ring is 1. The Morgan fingerprint density at radius 3 is 2.76 bits per heavy atom. The maximum atomic E-state index is 5.98. The van der Waals surface area contributed by atoms with Gasteiger partial charge in [0.2, 0.25) is 0 Å². The normalized spacial score (nSPS) is 16.7. The molecule has 1 aliphatic heterocycles. The molecule has 1 aliphatic rings. The Labute approximate surface area is 103 Å². The highest BCUT2D eigenvalue weighted by Crippen LogP contribution is 2.19. The topological polar surface area (TPSA) is 41.3 Å². The number of nitrogens with zero attached hydrogens (tertiary/aromatic N) is 1. The monoisotopic (exact) mass is 229 g/mol. The Morgan fingerprint density at radius 1 is 1.41 bits per heavy atom. The van der Waals surface area contributed by atoms with E-state index in [2.05, 4.69) is 22.2 Å². The van der Waals surface area contributed by atoms with Crippen LogP contribution in [0.4, 0.5) is 5.69 Å². The predicted molar refractivity (Wildman–Crippen MR) is 71.7 cm³/mol. The Morgan fingerprint density at radius 2 is 2.12 bits per heavy atom. The molecule has 0 bridgehead atoms. The number of piperazine rings is 1. The number of nitrogens with one attached hydrogen (secondary N) is 1. The van der Waals surface area contributed by atoms with E-state index in [1.54, 1.807) is 0 Å². The Bertz CT molecular complexity index is 440. The summed E-state index contributed by atoms with van der Waals surface area (Å²) in [5.74, 6) is 2.70. The van der Waals surface area contributed by atoms with Crippen LogP contribution in [-0.2, 0) is 6.54 Å². The largest absolute Gasteiger partial charge is 0.398 e. The van der Waals surface area contributed by atoms with Crippen LogP contribution in [0.3, 0.4) is 0 Å². The SMILES string of the molecule is C#Cc1cc(CN2CCNCC2)cc(N)c1C. The molecule has 1 saturated heterocycles. The van der Waals surface area contributed by atoms with Crippen molar-refractivity contribution in [3.05, 3.63) is 28.8 Å². The van der Waals surface area contributed by atoms with Gasteiger partial charge in [-0.05, 0) is 30.2 Å². The van der Waals surface area contributed by atoms with Crippen molar-refractivity contribution in [3.8, 4) is 12.3 Å². The Hall–Kier alpha value is -1.50. The van der Waals surface area contributed by atoms with Crippen molar-refractivity contribution in [2.75, 3.05) is 31.9 Å². The van der Waals surface area contributed by atoms with E-state index in [9.17, 15) is 0 Å². The molecule has 3 nitrogen and oxygen atoms in total. The third-order valence-electron chi connectivity index (χ3n) is 3.28. The van der Waals surface area contributed by atoms with Gasteiger partial charge in [-0.2, -0.15) is 0 Å². The molecule has 0 aromatic heterocycles. The molecule has 0 spiro atoms. The van der Waals surface area contributed by atoms with Gasteiger partial charge in [-0.15, -0.1) is 6.42 Å². The van der Waals surface area contributed by atoms with Crippen molar-refractivity contribution in [2.45, 2.75) is 13.5 Å². The highest BCUT2D eigenvalue weighted by Gasteiger charge is 2.11. The van der Waals surface area contributed by atoms with E-state index in [0.29, 0.717) is 0 Å². The number of hydrogen-bond donors (Lipinski definition) is 2. The van der Waals surface area contributed by atoms with Crippen LogP contribution < -0.4 is 11.1 Å². The lowest BCUT2D eigenvalue weighted by Crippen LogP contribution is -2.42. The first-order chi connectivity index (χ1) is 8.20. The van der Waals surface area contributed by atoms with Gasteiger partial charge in [0, 0.05) is 44.0 Å². The van der Waals surface area contributed by atoms with Gasteiger partial charge < -0.3 is 11.1 Å². The van der Waals surface area contributed by atoms with Crippen molar-refractivity contribution < 1.29 is 0 Å². The van der Waals surface area contributed by atoms with E-state index in [4.69, 9.17) is 12.2 Å². The van der Waals surface area contributed by atoms with Crippen LogP contribution in [0.5, 0.6) is 0 Å². The molecule has 2 rings (SSSR count). The Balaban J connectivity index is 2.16. The summed E-state index contributed by atoms with van der Waals surface area (Å²) in [5, 5.41) is 3.34. The maximum Gasteiger partial charge on any atom is 0.0359 e. The highest BCUT2D eigenvalue weighted by atomic mass is 15.2. The van der Waals surface area contributed by atoms with Gasteiger partial charge in [-0.3, -0.25) is 4.90 Å². The molecule has 0 unspecified atom stereocenters. The zero-order valence-electron chi connectivity index (χ0n) is 10.3. The van der Waals surface area contributed by atoms with Crippen LogP contribution in [0.2, 0.25) is 0 Å². The van der Waals surface area contributed by atoms with E-state index in [1.165, 1.54) is 5.56 Å². The number of nitrogens with two attached hydrogens (primary N) is 1. The van der Waals surface area contributed by atoms with E-state index in [0.717, 1.165) is 49.5 Å². The van der Waals surface area contributed by atoms with E-state index >= 15 is 0 Å². The Kier molecular flexibility index (Phi) is 3.68. The molecule has 3 heteroatoms. The quantitative estimate of drug-likeness (QED) is 0.586. The maximum absolute atomic E-state index is 5.98. The summed E-state index contributed by atoms with van der Waals surface area (Å²) in [5.41, 5.74) is 9.91. The van der Waals surface area contributed by atoms with Gasteiger partial charge in [0.1, 0.15) is 0 Å². The van der Waals surface area contributed by atoms with E-state index < -0.39 is 0 Å². The summed E-state index contributed by atoms with van der Waals surface area (Å²) in [4.78, 5) is 2.42. The highest BCUT2D eigenvalue weighted by molar-refractivity contribution is 5.57. The second kappa shape index (κ2) is 5.22. The van der Waals surface area contributed by atoms with Gasteiger partial charge in [-0.1, -0.05) is 5.92 Å². The average molecular weight is 229 g/mol. The smallest absolute Gasteiger partial charge is 0.0359 e. The first kappa shape index (κ1) is 12.0. The predicted octanol–water partition coefficient (Wildman–Crippen LogP) is 0.964. The number of terminal acetylenes is 1. The van der Waals surface area contributed by atoms with Gasteiger partial charge in [0.15, 0.2) is 0 Å². The van der Waals surface area contributed by atoms with Gasteiger partial charge in [0.25, 0.3) is 0 Å². The van der Waals surface area contributed by atoms with Crippen LogP contribution in [0.15, 0.2) is 12.1 Å². The lowest BCUT2D eigenvalue weighted by atomic mass is 10.0. The summed E-state index contributed by atoms with van der Waals surface area (Å²) in [6, 6.07) is 4.12. The van der Waals surface area contributed by atoms with Crippen molar-refractivity contribution in [1.29, 1.82) is 0 Å². The van der Waals surface area contributed by atoms with Crippen molar-refractivity contribution in [2.24, 2.45) is 0 Å². The molecule has 0 amide bonds. The number of rotatable bonds is 2. The van der Waals surface area contributed by atoms with Crippen LogP contribution in [0, 0.1) is 19.3 Å². The summed E-state index contributed by atoms with van der Waals surface area (Å²) in [6.07, 6.45) is 5.49. The van der Waals surface area contributed by atoms with Crippen LogP contribution in [0.1, 0.15) is 16.7 Å². The van der Waals surface area contributed by atoms with E-state index in [-0.39, 0.29) is 0 Å². The fourth-order valence-corrected chi connectivity index (χ4v) is 2.17. The first-order valence-corrected chi connectivity index (χ1v) is 5.99. The number of anilines is 1. The minimum atomic E-state index is 0.797. The molecule has 1 aromatic rings. The zero-order valence-corrected chi connectivity index (χ0v) is 10.3. The van der Waals surface area contributed by atoms with Gasteiger partial charge in [0.05, 0.1) is 0 Å². The summed E-state index contributed by atoms with van der Waals surface area (Å²) in [6.45, 7) is 7.19.